The minimum absolute atomic E-state index is 0.222. The predicted octanol–water partition coefficient (Wildman–Crippen LogP) is 5.84. The van der Waals surface area contributed by atoms with Gasteiger partial charge in [0.1, 0.15) is 5.69 Å². The first-order valence-electron chi connectivity index (χ1n) is 9.01. The third-order valence-corrected chi connectivity index (χ3v) is 6.26. The van der Waals surface area contributed by atoms with Gasteiger partial charge in [-0.3, -0.25) is 14.7 Å². The molecule has 0 saturated heterocycles. The summed E-state index contributed by atoms with van der Waals surface area (Å²) in [5.74, 6) is -0.312. The highest BCUT2D eigenvalue weighted by atomic mass is 127. The Kier molecular flexibility index (Phi) is 6.04. The molecule has 4 rings (SSSR count). The number of hydrogen-bond donors (Lipinski definition) is 1. The van der Waals surface area contributed by atoms with E-state index in [1.165, 1.54) is 27.9 Å². The number of hydrazone groups is 1. The van der Waals surface area contributed by atoms with Crippen molar-refractivity contribution in [3.05, 3.63) is 82.2 Å². The molecule has 2 aromatic carbocycles. The SMILES string of the molecule is CC1=NN(c2ccc(I)cc2)C(=O)C1=Cc1c(C)[nH]n(-c2c(Cl)cc(Cl)cc2Cl)c1=O. The van der Waals surface area contributed by atoms with Crippen molar-refractivity contribution in [2.24, 2.45) is 5.10 Å². The molecule has 31 heavy (non-hydrogen) atoms. The summed E-state index contributed by atoms with van der Waals surface area (Å²) in [4.78, 5) is 26.2. The van der Waals surface area contributed by atoms with E-state index in [2.05, 4.69) is 32.8 Å². The number of hydrogen-bond acceptors (Lipinski definition) is 3. The van der Waals surface area contributed by atoms with Gasteiger partial charge >= 0.3 is 0 Å². The van der Waals surface area contributed by atoms with Crippen molar-refractivity contribution in [1.82, 2.24) is 9.78 Å². The van der Waals surface area contributed by atoms with Crippen molar-refractivity contribution in [3.8, 4) is 5.69 Å². The van der Waals surface area contributed by atoms with Gasteiger partial charge in [-0.25, -0.2) is 4.68 Å². The van der Waals surface area contributed by atoms with Gasteiger partial charge in [0.25, 0.3) is 11.5 Å². The fourth-order valence-corrected chi connectivity index (χ4v) is 4.57. The number of aromatic amines is 1. The Morgan fingerprint density at radius 2 is 1.65 bits per heavy atom. The Balaban J connectivity index is 1.77. The highest BCUT2D eigenvalue weighted by Crippen LogP contribution is 2.32. The Morgan fingerprint density at radius 3 is 2.26 bits per heavy atom. The fourth-order valence-electron chi connectivity index (χ4n) is 3.22. The minimum atomic E-state index is -0.399. The van der Waals surface area contributed by atoms with Crippen LogP contribution in [-0.4, -0.2) is 21.4 Å². The van der Waals surface area contributed by atoms with Gasteiger partial charge in [-0.1, -0.05) is 34.8 Å². The van der Waals surface area contributed by atoms with Crippen LogP contribution < -0.4 is 10.6 Å². The molecule has 0 spiro atoms. The van der Waals surface area contributed by atoms with Gasteiger partial charge in [0.2, 0.25) is 0 Å². The topological polar surface area (TPSA) is 70.5 Å². The minimum Gasteiger partial charge on any atom is -0.295 e. The molecule has 158 valence electrons. The molecule has 0 fully saturated rings. The second-order valence-corrected chi connectivity index (χ2v) is 9.34. The maximum absolute atomic E-state index is 13.1. The van der Waals surface area contributed by atoms with Gasteiger partial charge in [0.05, 0.1) is 32.6 Å². The standard InChI is InChI=1S/C21H14Cl3IN4O2/c1-10-15(20(30)28(26-10)14-5-3-13(25)4-6-14)9-16-11(2)27-29(21(16)31)19-17(23)7-12(22)8-18(19)24/h3-9,27H,1-2H3. The zero-order chi connectivity index (χ0) is 22.4. The number of carbonyl (C=O) groups excluding carboxylic acids is 1. The van der Waals surface area contributed by atoms with Gasteiger partial charge in [-0.05, 0) is 78.9 Å². The summed E-state index contributed by atoms with van der Waals surface area (Å²) >= 11 is 20.7. The first kappa shape index (κ1) is 22.1. The zero-order valence-electron chi connectivity index (χ0n) is 16.2. The van der Waals surface area contributed by atoms with E-state index in [1.54, 1.807) is 13.8 Å². The van der Waals surface area contributed by atoms with Crippen LogP contribution in [-0.2, 0) is 4.79 Å². The lowest BCUT2D eigenvalue weighted by molar-refractivity contribution is -0.114. The summed E-state index contributed by atoms with van der Waals surface area (Å²) in [7, 11) is 0. The highest BCUT2D eigenvalue weighted by molar-refractivity contribution is 14.1. The molecule has 0 unspecified atom stereocenters. The van der Waals surface area contributed by atoms with Crippen molar-refractivity contribution >= 4 is 80.8 Å². The molecule has 0 radical (unpaired) electrons. The summed E-state index contributed by atoms with van der Waals surface area (Å²) in [6, 6.07) is 10.4. The number of halogens is 4. The van der Waals surface area contributed by atoms with E-state index in [0.717, 1.165) is 3.57 Å². The first-order chi connectivity index (χ1) is 14.7. The van der Waals surface area contributed by atoms with Crippen molar-refractivity contribution in [2.75, 3.05) is 5.01 Å². The van der Waals surface area contributed by atoms with Crippen LogP contribution in [0, 0.1) is 10.5 Å². The van der Waals surface area contributed by atoms with E-state index in [9.17, 15) is 9.59 Å². The summed E-state index contributed by atoms with van der Waals surface area (Å²) in [5, 5.41) is 9.45. The second kappa shape index (κ2) is 8.46. The molecule has 1 N–H and O–H groups in total. The molecule has 6 nitrogen and oxygen atoms in total. The monoisotopic (exact) mass is 586 g/mol. The summed E-state index contributed by atoms with van der Waals surface area (Å²) in [5.41, 5.74) is 2.24. The molecule has 0 bridgehead atoms. The molecule has 2 heterocycles. The molecule has 1 aliphatic rings. The van der Waals surface area contributed by atoms with Crippen LogP contribution in [0.4, 0.5) is 5.69 Å². The summed E-state index contributed by atoms with van der Waals surface area (Å²) in [6.45, 7) is 3.45. The van der Waals surface area contributed by atoms with Gasteiger partial charge in [-0.15, -0.1) is 0 Å². The molecular formula is C21H14Cl3IN4O2. The molecule has 1 aromatic heterocycles. The maximum Gasteiger partial charge on any atom is 0.280 e. The number of rotatable bonds is 3. The van der Waals surface area contributed by atoms with E-state index >= 15 is 0 Å². The number of carbonyl (C=O) groups is 1. The fraction of sp³-hybridized carbons (Fsp3) is 0.0952. The van der Waals surface area contributed by atoms with E-state index in [1.807, 2.05) is 24.3 Å². The smallest absolute Gasteiger partial charge is 0.280 e. The Hall–Kier alpha value is -2.07. The quantitative estimate of drug-likeness (QED) is 0.309. The zero-order valence-corrected chi connectivity index (χ0v) is 20.6. The molecular weight excluding hydrogens is 574 g/mol. The molecule has 1 aliphatic heterocycles. The molecule has 0 atom stereocenters. The van der Waals surface area contributed by atoms with Crippen LogP contribution in [0.3, 0.4) is 0 Å². The molecule has 0 aliphatic carbocycles. The van der Waals surface area contributed by atoms with Crippen LogP contribution in [0.1, 0.15) is 18.2 Å². The number of aromatic nitrogens is 2. The van der Waals surface area contributed by atoms with Gasteiger partial charge in [0.15, 0.2) is 0 Å². The van der Waals surface area contributed by atoms with E-state index in [4.69, 9.17) is 34.8 Å². The number of nitrogens with one attached hydrogen (secondary N) is 1. The molecule has 3 aromatic rings. The maximum atomic E-state index is 13.1. The van der Waals surface area contributed by atoms with Crippen LogP contribution in [0.25, 0.3) is 11.8 Å². The van der Waals surface area contributed by atoms with Crippen LogP contribution in [0.15, 0.2) is 51.9 Å². The lowest BCUT2D eigenvalue weighted by Crippen LogP contribution is -2.22. The lowest BCUT2D eigenvalue weighted by atomic mass is 10.1. The molecule has 10 heteroatoms. The molecule has 0 saturated carbocycles. The van der Waals surface area contributed by atoms with Crippen molar-refractivity contribution in [2.45, 2.75) is 13.8 Å². The van der Waals surface area contributed by atoms with Gasteiger partial charge in [-0.2, -0.15) is 10.1 Å². The van der Waals surface area contributed by atoms with Crippen LogP contribution >= 0.6 is 57.4 Å². The van der Waals surface area contributed by atoms with Crippen molar-refractivity contribution < 1.29 is 4.79 Å². The average Bonchev–Trinajstić information content (AvgIpc) is 3.13. The number of nitrogens with zero attached hydrogens (tertiary/aromatic N) is 3. The number of anilines is 1. The van der Waals surface area contributed by atoms with Gasteiger partial charge < -0.3 is 0 Å². The normalized spacial score (nSPS) is 15.2. The highest BCUT2D eigenvalue weighted by Gasteiger charge is 2.29. The van der Waals surface area contributed by atoms with E-state index < -0.39 is 5.56 Å². The van der Waals surface area contributed by atoms with Gasteiger partial charge in [0, 0.05) is 14.3 Å². The molecule has 1 amide bonds. The first-order valence-corrected chi connectivity index (χ1v) is 11.2. The number of aryl methyl sites for hydroxylation is 1. The van der Waals surface area contributed by atoms with Crippen molar-refractivity contribution in [3.63, 3.8) is 0 Å². The number of H-pyrrole nitrogens is 1. The lowest BCUT2D eigenvalue weighted by Gasteiger charge is -2.11. The largest absolute Gasteiger partial charge is 0.295 e. The second-order valence-electron chi connectivity index (χ2n) is 6.85. The summed E-state index contributed by atoms with van der Waals surface area (Å²) < 4.78 is 2.29. The van der Waals surface area contributed by atoms with E-state index in [-0.39, 0.29) is 21.6 Å². The van der Waals surface area contributed by atoms with Crippen LogP contribution in [0.5, 0.6) is 0 Å². The average molecular weight is 588 g/mol. The number of benzene rings is 2. The van der Waals surface area contributed by atoms with Crippen molar-refractivity contribution in [1.29, 1.82) is 0 Å². The Morgan fingerprint density at radius 1 is 1.03 bits per heavy atom. The Labute approximate surface area is 206 Å². The van der Waals surface area contributed by atoms with E-state index in [0.29, 0.717) is 33.3 Å². The third kappa shape index (κ3) is 4.07. The predicted molar refractivity (Wildman–Crippen MR) is 134 cm³/mol. The Bertz CT molecular complexity index is 1320. The third-order valence-electron chi connectivity index (χ3n) is 4.74. The number of amides is 1. The summed E-state index contributed by atoms with van der Waals surface area (Å²) in [6.07, 6.45) is 1.54. The van der Waals surface area contributed by atoms with Crippen LogP contribution in [0.2, 0.25) is 15.1 Å².